The molecule has 2 N–H and O–H groups in total. The SMILES string of the molecule is COc1ccc(Br)cc1C[NH+](C)[C@@H](C)C(=O)Nc1ccc(F)cc1. The fourth-order valence-corrected chi connectivity index (χ4v) is 2.75. The standard InChI is InChI=1S/C18H20BrFN2O2/c1-12(18(23)21-16-7-5-15(20)6-8-16)22(2)11-13-10-14(19)4-9-17(13)24-3/h4-10,12H,11H2,1-3H3,(H,21,23)/p+1/t12-/m0/s1. The molecule has 2 rings (SSSR count). The Morgan fingerprint density at radius 2 is 1.96 bits per heavy atom. The van der Waals surface area contributed by atoms with Crippen LogP contribution in [-0.4, -0.2) is 26.1 Å². The van der Waals surface area contributed by atoms with Crippen LogP contribution in [0.1, 0.15) is 12.5 Å². The Hall–Kier alpha value is -1.92. The average Bonchev–Trinajstić information content (AvgIpc) is 2.56. The van der Waals surface area contributed by atoms with Crippen LogP contribution < -0.4 is 15.0 Å². The largest absolute Gasteiger partial charge is 0.496 e. The number of halogens is 2. The molecule has 0 aliphatic rings. The van der Waals surface area contributed by atoms with Crippen LogP contribution in [0.5, 0.6) is 5.75 Å². The molecule has 2 aromatic carbocycles. The first-order valence-electron chi connectivity index (χ1n) is 7.62. The molecule has 0 aliphatic carbocycles. The third kappa shape index (κ3) is 4.79. The number of ether oxygens (including phenoxy) is 1. The van der Waals surface area contributed by atoms with Crippen molar-refractivity contribution in [3.63, 3.8) is 0 Å². The van der Waals surface area contributed by atoms with Gasteiger partial charge in [-0.05, 0) is 49.4 Å². The van der Waals surface area contributed by atoms with Gasteiger partial charge < -0.3 is 15.0 Å². The number of quaternary nitrogens is 1. The van der Waals surface area contributed by atoms with E-state index in [1.54, 1.807) is 19.2 Å². The van der Waals surface area contributed by atoms with Crippen molar-refractivity contribution in [2.75, 3.05) is 19.5 Å². The van der Waals surface area contributed by atoms with Crippen molar-refractivity contribution in [2.45, 2.75) is 19.5 Å². The van der Waals surface area contributed by atoms with Crippen LogP contribution in [0.25, 0.3) is 0 Å². The summed E-state index contributed by atoms with van der Waals surface area (Å²) in [5.41, 5.74) is 1.60. The van der Waals surface area contributed by atoms with E-state index in [4.69, 9.17) is 4.74 Å². The number of amides is 1. The zero-order chi connectivity index (χ0) is 17.7. The summed E-state index contributed by atoms with van der Waals surface area (Å²) in [7, 11) is 3.59. The number of hydrogen-bond acceptors (Lipinski definition) is 2. The molecule has 0 saturated heterocycles. The molecule has 0 fully saturated rings. The van der Waals surface area contributed by atoms with Gasteiger partial charge in [-0.1, -0.05) is 15.9 Å². The van der Waals surface area contributed by atoms with Crippen molar-refractivity contribution in [1.82, 2.24) is 0 Å². The van der Waals surface area contributed by atoms with Gasteiger partial charge in [0, 0.05) is 15.7 Å². The zero-order valence-electron chi connectivity index (χ0n) is 13.9. The summed E-state index contributed by atoms with van der Waals surface area (Å²) >= 11 is 3.46. The van der Waals surface area contributed by atoms with Crippen molar-refractivity contribution < 1.29 is 18.8 Å². The average molecular weight is 396 g/mol. The minimum Gasteiger partial charge on any atom is -0.496 e. The van der Waals surface area contributed by atoms with E-state index in [2.05, 4.69) is 21.2 Å². The lowest BCUT2D eigenvalue weighted by Crippen LogP contribution is -3.12. The normalized spacial score (nSPS) is 13.2. The molecule has 2 aromatic rings. The number of likely N-dealkylation sites (N-methyl/N-ethyl adjacent to an activating group) is 1. The first kappa shape index (κ1) is 18.4. The lowest BCUT2D eigenvalue weighted by atomic mass is 10.1. The lowest BCUT2D eigenvalue weighted by molar-refractivity contribution is -0.907. The molecule has 0 saturated carbocycles. The smallest absolute Gasteiger partial charge is 0.282 e. The molecule has 2 atom stereocenters. The van der Waals surface area contributed by atoms with E-state index in [1.807, 2.05) is 32.2 Å². The highest BCUT2D eigenvalue weighted by atomic mass is 79.9. The van der Waals surface area contributed by atoms with Gasteiger partial charge in [-0.2, -0.15) is 0 Å². The topological polar surface area (TPSA) is 42.8 Å². The molecule has 4 nitrogen and oxygen atoms in total. The molecule has 0 radical (unpaired) electrons. The third-order valence-corrected chi connectivity index (χ3v) is 4.45. The second kappa shape index (κ2) is 8.26. The summed E-state index contributed by atoms with van der Waals surface area (Å²) in [6, 6.07) is 11.3. The summed E-state index contributed by atoms with van der Waals surface area (Å²) in [6.07, 6.45) is 0. The van der Waals surface area contributed by atoms with Crippen molar-refractivity contribution >= 4 is 27.5 Å². The molecule has 128 valence electrons. The van der Waals surface area contributed by atoms with Crippen LogP contribution in [-0.2, 0) is 11.3 Å². The molecule has 1 amide bonds. The van der Waals surface area contributed by atoms with Crippen molar-refractivity contribution in [1.29, 1.82) is 0 Å². The second-order valence-corrected chi connectivity index (χ2v) is 6.61. The van der Waals surface area contributed by atoms with Gasteiger partial charge in [0.25, 0.3) is 5.91 Å². The van der Waals surface area contributed by atoms with Gasteiger partial charge in [0.2, 0.25) is 0 Å². The highest BCUT2D eigenvalue weighted by Gasteiger charge is 2.23. The molecule has 0 bridgehead atoms. The maximum Gasteiger partial charge on any atom is 0.282 e. The highest BCUT2D eigenvalue weighted by Crippen LogP contribution is 2.22. The molecule has 0 heterocycles. The van der Waals surface area contributed by atoms with Crippen LogP contribution in [0.3, 0.4) is 0 Å². The monoisotopic (exact) mass is 395 g/mol. The number of carbonyl (C=O) groups excluding carboxylic acids is 1. The molecule has 0 aliphatic heterocycles. The fourth-order valence-electron chi connectivity index (χ4n) is 2.35. The minimum atomic E-state index is -0.328. The summed E-state index contributed by atoms with van der Waals surface area (Å²) in [5, 5.41) is 2.81. The third-order valence-electron chi connectivity index (χ3n) is 3.96. The van der Waals surface area contributed by atoms with Gasteiger partial charge in [0.05, 0.1) is 14.2 Å². The van der Waals surface area contributed by atoms with Crippen molar-refractivity contribution in [3.8, 4) is 5.75 Å². The molecule has 0 aromatic heterocycles. The molecule has 0 spiro atoms. The maximum atomic E-state index is 12.9. The van der Waals surface area contributed by atoms with E-state index in [0.717, 1.165) is 20.7 Å². The van der Waals surface area contributed by atoms with Crippen LogP contribution in [0.15, 0.2) is 46.9 Å². The van der Waals surface area contributed by atoms with Gasteiger partial charge >= 0.3 is 0 Å². The number of hydrogen-bond donors (Lipinski definition) is 2. The van der Waals surface area contributed by atoms with E-state index >= 15 is 0 Å². The number of rotatable bonds is 6. The number of carbonyl (C=O) groups is 1. The van der Waals surface area contributed by atoms with Crippen LogP contribution in [0, 0.1) is 5.82 Å². The van der Waals surface area contributed by atoms with Crippen LogP contribution >= 0.6 is 15.9 Å². The Morgan fingerprint density at radius 3 is 2.58 bits per heavy atom. The van der Waals surface area contributed by atoms with Gasteiger partial charge in [0.15, 0.2) is 6.04 Å². The predicted octanol–water partition coefficient (Wildman–Crippen LogP) is 2.64. The number of anilines is 1. The van der Waals surface area contributed by atoms with Crippen LogP contribution in [0.2, 0.25) is 0 Å². The number of nitrogens with one attached hydrogen (secondary N) is 2. The predicted molar refractivity (Wildman–Crippen MR) is 95.8 cm³/mol. The number of benzene rings is 2. The zero-order valence-corrected chi connectivity index (χ0v) is 15.5. The Labute approximate surface area is 149 Å². The highest BCUT2D eigenvalue weighted by molar-refractivity contribution is 9.10. The van der Waals surface area contributed by atoms with Gasteiger partial charge in [-0.25, -0.2) is 4.39 Å². The minimum absolute atomic E-state index is 0.118. The quantitative estimate of drug-likeness (QED) is 0.789. The fraction of sp³-hybridized carbons (Fsp3) is 0.278. The number of methoxy groups -OCH3 is 1. The van der Waals surface area contributed by atoms with E-state index in [0.29, 0.717) is 12.2 Å². The van der Waals surface area contributed by atoms with Crippen molar-refractivity contribution in [2.24, 2.45) is 0 Å². The first-order valence-corrected chi connectivity index (χ1v) is 8.41. The van der Waals surface area contributed by atoms with Gasteiger partial charge in [0.1, 0.15) is 18.1 Å². The summed E-state index contributed by atoms with van der Waals surface area (Å²) < 4.78 is 19.3. The van der Waals surface area contributed by atoms with E-state index in [-0.39, 0.29) is 17.8 Å². The van der Waals surface area contributed by atoms with E-state index in [1.165, 1.54) is 12.1 Å². The summed E-state index contributed by atoms with van der Waals surface area (Å²) in [4.78, 5) is 13.4. The van der Waals surface area contributed by atoms with Crippen LogP contribution in [0.4, 0.5) is 10.1 Å². The Bertz CT molecular complexity index is 707. The van der Waals surface area contributed by atoms with Crippen molar-refractivity contribution in [3.05, 3.63) is 58.3 Å². The summed E-state index contributed by atoms with van der Waals surface area (Å²) in [6.45, 7) is 2.50. The lowest BCUT2D eigenvalue weighted by Gasteiger charge is -2.22. The Kier molecular flexibility index (Phi) is 6.34. The summed E-state index contributed by atoms with van der Waals surface area (Å²) in [5.74, 6) is 0.349. The second-order valence-electron chi connectivity index (χ2n) is 5.70. The van der Waals surface area contributed by atoms with Gasteiger partial charge in [-0.3, -0.25) is 4.79 Å². The molecular formula is C18H21BrFN2O2+. The Morgan fingerprint density at radius 1 is 1.29 bits per heavy atom. The molecule has 24 heavy (non-hydrogen) atoms. The molecule has 6 heteroatoms. The molecule has 1 unspecified atom stereocenters. The molecular weight excluding hydrogens is 375 g/mol. The first-order chi connectivity index (χ1) is 11.4. The van der Waals surface area contributed by atoms with E-state index in [9.17, 15) is 9.18 Å². The van der Waals surface area contributed by atoms with E-state index < -0.39 is 0 Å². The maximum absolute atomic E-state index is 12.9. The Balaban J connectivity index is 2.03. The van der Waals surface area contributed by atoms with Gasteiger partial charge in [-0.15, -0.1) is 0 Å².